The lowest BCUT2D eigenvalue weighted by molar-refractivity contribution is -0.118. The summed E-state index contributed by atoms with van der Waals surface area (Å²) in [6.45, 7) is 4.06. The van der Waals surface area contributed by atoms with Gasteiger partial charge >= 0.3 is 0 Å². The molecule has 0 saturated heterocycles. The number of anilines is 2. The third kappa shape index (κ3) is 5.85. The summed E-state index contributed by atoms with van der Waals surface area (Å²) in [5, 5.41) is 3.25. The summed E-state index contributed by atoms with van der Waals surface area (Å²) >= 11 is 5.91. The molecule has 0 heterocycles. The first-order chi connectivity index (χ1) is 13.7. The van der Waals surface area contributed by atoms with Crippen LogP contribution in [0.5, 0.6) is 5.75 Å². The van der Waals surface area contributed by atoms with E-state index in [0.717, 1.165) is 0 Å². The van der Waals surface area contributed by atoms with Crippen LogP contribution in [0.15, 0.2) is 47.4 Å². The fourth-order valence-corrected chi connectivity index (χ4v) is 4.44. The molecule has 2 rings (SSSR count). The minimum atomic E-state index is -3.64. The number of carbonyl (C=O) groups excluding carboxylic acids is 1. The molecule has 0 aliphatic rings. The zero-order chi connectivity index (χ0) is 21.6. The van der Waals surface area contributed by atoms with Gasteiger partial charge in [0.2, 0.25) is 10.0 Å². The minimum absolute atomic E-state index is 0.123. The number of amides is 1. The van der Waals surface area contributed by atoms with Crippen molar-refractivity contribution in [2.24, 2.45) is 0 Å². The molecule has 7 nitrogen and oxygen atoms in total. The Morgan fingerprint density at radius 1 is 1.10 bits per heavy atom. The highest BCUT2D eigenvalue weighted by Gasteiger charge is 2.23. The Bertz CT molecular complexity index is 960. The lowest BCUT2D eigenvalue weighted by Crippen LogP contribution is -2.31. The summed E-state index contributed by atoms with van der Waals surface area (Å²) in [6, 6.07) is 11.4. The smallest absolute Gasteiger partial charge is 0.262 e. The Morgan fingerprint density at radius 2 is 1.79 bits per heavy atom. The van der Waals surface area contributed by atoms with Gasteiger partial charge in [-0.2, -0.15) is 4.31 Å². The molecule has 0 atom stereocenters. The number of benzene rings is 2. The zero-order valence-corrected chi connectivity index (χ0v) is 18.5. The lowest BCUT2D eigenvalue weighted by Gasteiger charge is -2.22. The number of hydrogen-bond donors (Lipinski definition) is 1. The second kappa shape index (κ2) is 9.96. The number of halogens is 1. The van der Waals surface area contributed by atoms with Crippen molar-refractivity contribution in [3.05, 3.63) is 47.5 Å². The van der Waals surface area contributed by atoms with Gasteiger partial charge in [0.05, 0.1) is 16.3 Å². The van der Waals surface area contributed by atoms with Crippen LogP contribution in [0.2, 0.25) is 5.02 Å². The van der Waals surface area contributed by atoms with Gasteiger partial charge in [0, 0.05) is 32.2 Å². The van der Waals surface area contributed by atoms with Crippen molar-refractivity contribution in [3.8, 4) is 5.75 Å². The second-order valence-corrected chi connectivity index (χ2v) is 8.83. The van der Waals surface area contributed by atoms with Crippen molar-refractivity contribution in [2.75, 3.05) is 44.0 Å². The van der Waals surface area contributed by atoms with E-state index in [0.29, 0.717) is 35.2 Å². The average Bonchev–Trinajstić information content (AvgIpc) is 2.67. The first kappa shape index (κ1) is 23.0. The van der Waals surface area contributed by atoms with Gasteiger partial charge in [-0.15, -0.1) is 0 Å². The molecule has 0 fully saturated rings. The molecule has 9 heteroatoms. The van der Waals surface area contributed by atoms with Gasteiger partial charge in [0.1, 0.15) is 5.75 Å². The number of sulfonamides is 1. The van der Waals surface area contributed by atoms with Gasteiger partial charge in [-0.05, 0) is 36.4 Å². The average molecular weight is 440 g/mol. The van der Waals surface area contributed by atoms with Gasteiger partial charge in [0.25, 0.3) is 5.91 Å². The van der Waals surface area contributed by atoms with Crippen LogP contribution in [0.1, 0.15) is 13.8 Å². The van der Waals surface area contributed by atoms with Gasteiger partial charge in [-0.1, -0.05) is 31.5 Å². The number of carbonyl (C=O) groups is 1. The number of ether oxygens (including phenoxy) is 1. The fraction of sp³-hybridized carbons (Fsp3) is 0.350. The van der Waals surface area contributed by atoms with Gasteiger partial charge < -0.3 is 15.0 Å². The predicted octanol–water partition coefficient (Wildman–Crippen LogP) is 3.45. The summed E-state index contributed by atoms with van der Waals surface area (Å²) in [5.41, 5.74) is 1.07. The molecular formula is C20H26ClN3O4S. The monoisotopic (exact) mass is 439 g/mol. The third-order valence-corrected chi connectivity index (χ3v) is 6.51. The number of nitrogens with zero attached hydrogens (tertiary/aromatic N) is 2. The summed E-state index contributed by atoms with van der Waals surface area (Å²) in [7, 11) is -0.0213. The number of nitrogens with one attached hydrogen (secondary N) is 1. The number of hydrogen-bond acceptors (Lipinski definition) is 5. The van der Waals surface area contributed by atoms with E-state index in [2.05, 4.69) is 5.32 Å². The lowest BCUT2D eigenvalue weighted by atomic mass is 10.2. The van der Waals surface area contributed by atoms with Crippen LogP contribution in [0.25, 0.3) is 0 Å². The van der Waals surface area contributed by atoms with E-state index in [1.807, 2.05) is 14.1 Å². The van der Waals surface area contributed by atoms with Crippen LogP contribution >= 0.6 is 11.6 Å². The Kier molecular flexibility index (Phi) is 7.89. The van der Waals surface area contributed by atoms with Crippen LogP contribution in [-0.2, 0) is 14.8 Å². The largest absolute Gasteiger partial charge is 0.484 e. The highest BCUT2D eigenvalue weighted by atomic mass is 35.5. The van der Waals surface area contributed by atoms with Crippen molar-refractivity contribution < 1.29 is 17.9 Å². The van der Waals surface area contributed by atoms with E-state index in [-0.39, 0.29) is 11.5 Å². The molecule has 0 bridgehead atoms. The molecular weight excluding hydrogens is 414 g/mol. The maximum absolute atomic E-state index is 12.8. The molecule has 0 aliphatic carbocycles. The standard InChI is InChI=1S/C20H26ClN3O4S/c1-5-24(6-2)29(26,27)17-10-11-19(23(3)4)18(13-17)22-20(25)14-28-16-9-7-8-15(21)12-16/h7-13H,5-6,14H2,1-4H3,(H,22,25). The topological polar surface area (TPSA) is 79.0 Å². The second-order valence-electron chi connectivity index (χ2n) is 6.46. The van der Waals surface area contributed by atoms with Crippen molar-refractivity contribution in [3.63, 3.8) is 0 Å². The number of rotatable bonds is 9. The van der Waals surface area contributed by atoms with Crippen LogP contribution in [0.3, 0.4) is 0 Å². The summed E-state index contributed by atoms with van der Waals surface area (Å²) in [4.78, 5) is 14.3. The minimum Gasteiger partial charge on any atom is -0.484 e. The van der Waals surface area contributed by atoms with Crippen LogP contribution in [0.4, 0.5) is 11.4 Å². The van der Waals surface area contributed by atoms with E-state index in [9.17, 15) is 13.2 Å². The van der Waals surface area contributed by atoms with E-state index >= 15 is 0 Å². The van der Waals surface area contributed by atoms with Crippen LogP contribution in [-0.4, -0.2) is 52.4 Å². The maximum Gasteiger partial charge on any atom is 0.262 e. The normalized spacial score (nSPS) is 11.4. The summed E-state index contributed by atoms with van der Waals surface area (Å²) < 4.78 is 32.5. The first-order valence-corrected chi connectivity index (χ1v) is 11.0. The van der Waals surface area contributed by atoms with Gasteiger partial charge in [-0.3, -0.25) is 4.79 Å². The molecule has 29 heavy (non-hydrogen) atoms. The summed E-state index contributed by atoms with van der Waals surface area (Å²) in [6.07, 6.45) is 0. The van der Waals surface area contributed by atoms with Crippen molar-refractivity contribution in [1.29, 1.82) is 0 Å². The highest BCUT2D eigenvalue weighted by molar-refractivity contribution is 7.89. The molecule has 0 unspecified atom stereocenters. The maximum atomic E-state index is 12.8. The molecule has 0 aromatic heterocycles. The Labute approximate surface area is 177 Å². The van der Waals surface area contributed by atoms with Gasteiger partial charge in [0.15, 0.2) is 6.61 Å². The van der Waals surface area contributed by atoms with Crippen molar-refractivity contribution >= 4 is 38.9 Å². The predicted molar refractivity (Wildman–Crippen MR) is 116 cm³/mol. The van der Waals surface area contributed by atoms with E-state index in [4.69, 9.17) is 16.3 Å². The van der Waals surface area contributed by atoms with Crippen LogP contribution < -0.4 is 15.0 Å². The molecule has 2 aromatic rings. The molecule has 0 aliphatic heterocycles. The Hall–Kier alpha value is -2.29. The fourth-order valence-electron chi connectivity index (χ4n) is 2.77. The quantitative estimate of drug-likeness (QED) is 0.647. The van der Waals surface area contributed by atoms with E-state index in [1.54, 1.807) is 55.1 Å². The molecule has 2 aromatic carbocycles. The SMILES string of the molecule is CCN(CC)S(=O)(=O)c1ccc(N(C)C)c(NC(=O)COc2cccc(Cl)c2)c1. The molecule has 1 N–H and O–H groups in total. The van der Waals surface area contributed by atoms with E-state index in [1.165, 1.54) is 10.4 Å². The van der Waals surface area contributed by atoms with Crippen LogP contribution in [0, 0.1) is 0 Å². The van der Waals surface area contributed by atoms with Gasteiger partial charge in [-0.25, -0.2) is 8.42 Å². The molecule has 0 spiro atoms. The first-order valence-electron chi connectivity index (χ1n) is 9.18. The molecule has 1 amide bonds. The Morgan fingerprint density at radius 3 is 2.38 bits per heavy atom. The highest BCUT2D eigenvalue weighted by Crippen LogP contribution is 2.29. The van der Waals surface area contributed by atoms with E-state index < -0.39 is 15.9 Å². The zero-order valence-electron chi connectivity index (χ0n) is 17.0. The molecule has 0 radical (unpaired) electrons. The summed E-state index contributed by atoms with van der Waals surface area (Å²) in [5.74, 6) is 0.0591. The molecule has 0 saturated carbocycles. The van der Waals surface area contributed by atoms with Crippen molar-refractivity contribution in [2.45, 2.75) is 18.7 Å². The molecule has 158 valence electrons. The Balaban J connectivity index is 2.24. The third-order valence-electron chi connectivity index (χ3n) is 4.23. The van der Waals surface area contributed by atoms with Crippen molar-refractivity contribution in [1.82, 2.24) is 4.31 Å².